The number of ether oxygens (including phenoxy) is 2. The molecular weight excluding hydrogens is 340 g/mol. The van der Waals surface area contributed by atoms with Crippen LogP contribution >= 0.6 is 0 Å². The highest BCUT2D eigenvalue weighted by Crippen LogP contribution is 2.27. The highest BCUT2D eigenvalue weighted by Gasteiger charge is 2.06. The summed E-state index contributed by atoms with van der Waals surface area (Å²) >= 11 is 0. The summed E-state index contributed by atoms with van der Waals surface area (Å²) in [4.78, 5) is 7.75. The topological polar surface area (TPSA) is 84.7 Å². The number of aliphatic imine (C=N–C) groups is 1. The summed E-state index contributed by atoms with van der Waals surface area (Å²) in [7, 11) is 3.24. The Hall–Kier alpha value is -3.15. The van der Waals surface area contributed by atoms with Crippen LogP contribution in [0.5, 0.6) is 11.5 Å². The first-order valence-electron chi connectivity index (χ1n) is 8.92. The van der Waals surface area contributed by atoms with Crippen molar-refractivity contribution in [3.8, 4) is 11.5 Å². The second-order valence-corrected chi connectivity index (χ2v) is 6.38. The summed E-state index contributed by atoms with van der Waals surface area (Å²) < 4.78 is 10.6. The van der Waals surface area contributed by atoms with E-state index in [1.807, 2.05) is 18.2 Å². The lowest BCUT2D eigenvalue weighted by atomic mass is 10.1. The summed E-state index contributed by atoms with van der Waals surface area (Å²) in [5, 5.41) is 4.44. The van der Waals surface area contributed by atoms with Crippen LogP contribution < -0.4 is 20.5 Å². The molecule has 0 radical (unpaired) electrons. The van der Waals surface area contributed by atoms with E-state index in [1.54, 1.807) is 14.2 Å². The molecule has 6 nitrogen and oxygen atoms in total. The third-order valence-corrected chi connectivity index (χ3v) is 4.59. The Kier molecular flexibility index (Phi) is 5.86. The van der Waals surface area contributed by atoms with Crippen molar-refractivity contribution in [1.29, 1.82) is 0 Å². The van der Waals surface area contributed by atoms with Gasteiger partial charge in [-0.2, -0.15) is 0 Å². The third kappa shape index (κ3) is 4.34. The summed E-state index contributed by atoms with van der Waals surface area (Å²) in [6, 6.07) is 12.1. The highest BCUT2D eigenvalue weighted by atomic mass is 16.5. The van der Waals surface area contributed by atoms with Crippen molar-refractivity contribution >= 4 is 16.9 Å². The van der Waals surface area contributed by atoms with Crippen molar-refractivity contribution in [3.05, 3.63) is 59.3 Å². The van der Waals surface area contributed by atoms with Crippen molar-refractivity contribution < 1.29 is 9.47 Å². The molecule has 0 saturated carbocycles. The third-order valence-electron chi connectivity index (χ3n) is 4.59. The van der Waals surface area contributed by atoms with Crippen LogP contribution in [-0.4, -0.2) is 31.7 Å². The average Bonchev–Trinajstić information content (AvgIpc) is 3.10. The molecule has 6 heteroatoms. The fraction of sp³-hybridized carbons (Fsp3) is 0.286. The molecule has 3 rings (SSSR count). The molecule has 0 aliphatic heterocycles. The van der Waals surface area contributed by atoms with Crippen molar-refractivity contribution in [2.45, 2.75) is 19.9 Å². The standard InChI is InChI=1S/C21H26N4O2/c1-14-5-4-6-17-16(13-24-20(14)17)9-10-23-21(22)25-12-15-7-8-18(26-2)19(11-15)27-3/h4-8,11,13,24H,9-10,12H2,1-3H3,(H3,22,23,25). The summed E-state index contributed by atoms with van der Waals surface area (Å²) in [5.74, 6) is 1.82. The van der Waals surface area contributed by atoms with Crippen LogP contribution in [0, 0.1) is 6.92 Å². The number of rotatable bonds is 7. The first-order chi connectivity index (χ1) is 13.1. The Labute approximate surface area is 159 Å². The Bertz CT molecular complexity index is 947. The monoisotopic (exact) mass is 366 g/mol. The predicted molar refractivity (Wildman–Crippen MR) is 110 cm³/mol. The summed E-state index contributed by atoms with van der Waals surface area (Å²) in [6.07, 6.45) is 2.94. The Balaban J connectivity index is 1.56. The van der Waals surface area contributed by atoms with Gasteiger partial charge in [-0.15, -0.1) is 0 Å². The van der Waals surface area contributed by atoms with Gasteiger partial charge in [-0.25, -0.2) is 4.99 Å². The van der Waals surface area contributed by atoms with Crippen LogP contribution in [-0.2, 0) is 13.0 Å². The van der Waals surface area contributed by atoms with E-state index < -0.39 is 0 Å². The molecule has 2 aromatic carbocycles. The maximum atomic E-state index is 6.00. The van der Waals surface area contributed by atoms with Gasteiger partial charge in [0.1, 0.15) is 0 Å². The van der Waals surface area contributed by atoms with E-state index in [9.17, 15) is 0 Å². The molecule has 0 amide bonds. The number of para-hydroxylation sites is 1. The molecule has 0 bridgehead atoms. The Morgan fingerprint density at radius 2 is 1.96 bits per heavy atom. The SMILES string of the molecule is COc1ccc(CN=C(N)NCCc2c[nH]c3c(C)cccc23)cc1OC. The number of aryl methyl sites for hydroxylation is 1. The molecule has 27 heavy (non-hydrogen) atoms. The quantitative estimate of drug-likeness (QED) is 0.443. The number of aromatic nitrogens is 1. The molecule has 1 heterocycles. The second-order valence-electron chi connectivity index (χ2n) is 6.38. The summed E-state index contributed by atoms with van der Waals surface area (Å²) in [6.45, 7) is 3.31. The van der Waals surface area contributed by atoms with Gasteiger partial charge in [0.15, 0.2) is 17.5 Å². The van der Waals surface area contributed by atoms with Gasteiger partial charge in [0, 0.05) is 23.6 Å². The molecule has 0 unspecified atom stereocenters. The summed E-state index contributed by atoms with van der Waals surface area (Å²) in [5.41, 5.74) is 10.7. The second kappa shape index (κ2) is 8.49. The highest BCUT2D eigenvalue weighted by molar-refractivity contribution is 5.86. The molecule has 0 atom stereocenters. The number of fused-ring (bicyclic) bond motifs is 1. The number of H-pyrrole nitrogens is 1. The van der Waals surface area contributed by atoms with Crippen LogP contribution in [0.25, 0.3) is 10.9 Å². The number of nitrogens with two attached hydrogens (primary N) is 1. The van der Waals surface area contributed by atoms with E-state index in [0.29, 0.717) is 24.0 Å². The maximum Gasteiger partial charge on any atom is 0.188 e. The van der Waals surface area contributed by atoms with Crippen LogP contribution in [0.3, 0.4) is 0 Å². The zero-order valence-electron chi connectivity index (χ0n) is 16.0. The van der Waals surface area contributed by atoms with Crippen LogP contribution in [0.1, 0.15) is 16.7 Å². The molecular formula is C21H26N4O2. The normalized spacial score (nSPS) is 11.6. The minimum atomic E-state index is 0.431. The van der Waals surface area contributed by atoms with Crippen LogP contribution in [0.2, 0.25) is 0 Å². The number of nitrogens with one attached hydrogen (secondary N) is 2. The Morgan fingerprint density at radius 3 is 2.74 bits per heavy atom. The molecule has 3 aromatic rings. The smallest absolute Gasteiger partial charge is 0.188 e. The van der Waals surface area contributed by atoms with Gasteiger partial charge >= 0.3 is 0 Å². The van der Waals surface area contributed by atoms with E-state index in [1.165, 1.54) is 22.0 Å². The van der Waals surface area contributed by atoms with Crippen LogP contribution in [0.4, 0.5) is 0 Å². The van der Waals surface area contributed by atoms with E-state index in [4.69, 9.17) is 15.2 Å². The number of aromatic amines is 1. The fourth-order valence-electron chi connectivity index (χ4n) is 3.11. The number of methoxy groups -OCH3 is 2. The van der Waals surface area contributed by atoms with E-state index in [-0.39, 0.29) is 0 Å². The van der Waals surface area contributed by atoms with E-state index >= 15 is 0 Å². The van der Waals surface area contributed by atoms with Gasteiger partial charge in [-0.3, -0.25) is 0 Å². The molecule has 0 fully saturated rings. The first kappa shape index (κ1) is 18.6. The fourth-order valence-corrected chi connectivity index (χ4v) is 3.11. The van der Waals surface area contributed by atoms with Gasteiger partial charge in [-0.1, -0.05) is 24.3 Å². The lowest BCUT2D eigenvalue weighted by Gasteiger charge is -2.09. The van der Waals surface area contributed by atoms with Crippen molar-refractivity contribution in [3.63, 3.8) is 0 Å². The van der Waals surface area contributed by atoms with Crippen molar-refractivity contribution in [2.24, 2.45) is 10.7 Å². The minimum Gasteiger partial charge on any atom is -0.493 e. The van der Waals surface area contributed by atoms with Gasteiger partial charge in [0.05, 0.1) is 20.8 Å². The zero-order chi connectivity index (χ0) is 19.2. The number of benzene rings is 2. The molecule has 0 aliphatic carbocycles. The molecule has 0 spiro atoms. The van der Waals surface area contributed by atoms with Gasteiger partial charge in [0.25, 0.3) is 0 Å². The van der Waals surface area contributed by atoms with Crippen molar-refractivity contribution in [1.82, 2.24) is 10.3 Å². The van der Waals surface area contributed by atoms with Gasteiger partial charge < -0.3 is 25.5 Å². The molecule has 0 saturated heterocycles. The lowest BCUT2D eigenvalue weighted by molar-refractivity contribution is 0.354. The van der Waals surface area contributed by atoms with Gasteiger partial charge in [-0.05, 0) is 42.2 Å². The lowest BCUT2D eigenvalue weighted by Crippen LogP contribution is -2.33. The molecule has 4 N–H and O–H groups in total. The van der Waals surface area contributed by atoms with Crippen LogP contribution in [0.15, 0.2) is 47.6 Å². The predicted octanol–water partition coefficient (Wildman–Crippen LogP) is 3.14. The maximum absolute atomic E-state index is 6.00. The largest absolute Gasteiger partial charge is 0.493 e. The average molecular weight is 366 g/mol. The van der Waals surface area contributed by atoms with E-state index in [2.05, 4.69) is 46.6 Å². The first-order valence-corrected chi connectivity index (χ1v) is 8.92. The van der Waals surface area contributed by atoms with Crippen molar-refractivity contribution in [2.75, 3.05) is 20.8 Å². The number of hydrogen-bond donors (Lipinski definition) is 3. The number of guanidine groups is 1. The Morgan fingerprint density at radius 1 is 1.15 bits per heavy atom. The number of hydrogen-bond acceptors (Lipinski definition) is 3. The van der Waals surface area contributed by atoms with E-state index in [0.717, 1.165) is 18.5 Å². The minimum absolute atomic E-state index is 0.431. The molecule has 142 valence electrons. The molecule has 1 aromatic heterocycles. The number of nitrogens with zero attached hydrogens (tertiary/aromatic N) is 1. The molecule has 0 aliphatic rings. The zero-order valence-corrected chi connectivity index (χ0v) is 16.0. The van der Waals surface area contributed by atoms with Gasteiger partial charge in [0.2, 0.25) is 0 Å².